The molecule has 2 aromatic rings. The van der Waals surface area contributed by atoms with Crippen molar-refractivity contribution in [1.82, 2.24) is 5.32 Å². The Morgan fingerprint density at radius 2 is 1.94 bits per heavy atom. The number of thiophene rings is 1. The normalized spacial score (nSPS) is 10.1. The van der Waals surface area contributed by atoms with E-state index in [-0.39, 0.29) is 5.91 Å². The predicted octanol–water partition coefficient (Wildman–Crippen LogP) is 2.74. The van der Waals surface area contributed by atoms with Crippen LogP contribution in [0.1, 0.15) is 15.9 Å². The van der Waals surface area contributed by atoms with E-state index in [0.29, 0.717) is 12.1 Å². The molecule has 1 heterocycles. The van der Waals surface area contributed by atoms with Crippen molar-refractivity contribution in [3.8, 4) is 0 Å². The van der Waals surface area contributed by atoms with E-state index in [2.05, 4.69) is 5.32 Å². The van der Waals surface area contributed by atoms with E-state index in [0.717, 1.165) is 11.3 Å². The molecule has 0 saturated carbocycles. The molecule has 0 atom stereocenters. The van der Waals surface area contributed by atoms with Gasteiger partial charge < -0.3 is 10.2 Å². The Balaban J connectivity index is 1.96. The zero-order valence-corrected chi connectivity index (χ0v) is 11.3. The van der Waals surface area contributed by atoms with Crippen LogP contribution in [0, 0.1) is 0 Å². The molecule has 0 bridgehead atoms. The third-order valence-electron chi connectivity index (χ3n) is 2.68. The topological polar surface area (TPSA) is 32.3 Å². The van der Waals surface area contributed by atoms with Gasteiger partial charge in [-0.25, -0.2) is 0 Å². The molecule has 0 aliphatic heterocycles. The predicted molar refractivity (Wildman–Crippen MR) is 76.3 cm³/mol. The quantitative estimate of drug-likeness (QED) is 0.916. The average molecular weight is 260 g/mol. The molecule has 1 aromatic carbocycles. The van der Waals surface area contributed by atoms with Crippen LogP contribution in [0.3, 0.4) is 0 Å². The average Bonchev–Trinajstić information content (AvgIpc) is 2.89. The number of rotatable bonds is 4. The second-order valence-electron chi connectivity index (χ2n) is 4.26. The number of carbonyl (C=O) groups is 1. The van der Waals surface area contributed by atoms with Crippen molar-refractivity contribution in [3.63, 3.8) is 0 Å². The van der Waals surface area contributed by atoms with E-state index in [1.54, 1.807) is 11.3 Å². The fourth-order valence-corrected chi connectivity index (χ4v) is 2.26. The molecule has 2 rings (SSSR count). The maximum atomic E-state index is 11.9. The number of hydrogen-bond acceptors (Lipinski definition) is 3. The number of nitrogens with one attached hydrogen (secondary N) is 1. The van der Waals surface area contributed by atoms with Gasteiger partial charge in [-0.2, -0.15) is 11.3 Å². The summed E-state index contributed by atoms with van der Waals surface area (Å²) < 4.78 is 0. The summed E-state index contributed by atoms with van der Waals surface area (Å²) in [6, 6.07) is 9.59. The molecule has 0 saturated heterocycles. The fraction of sp³-hybridized carbons (Fsp3) is 0.214. The zero-order chi connectivity index (χ0) is 13.0. The van der Waals surface area contributed by atoms with Gasteiger partial charge in [-0.15, -0.1) is 0 Å². The van der Waals surface area contributed by atoms with Gasteiger partial charge in [0.1, 0.15) is 0 Å². The van der Waals surface area contributed by atoms with Gasteiger partial charge >= 0.3 is 0 Å². The first-order chi connectivity index (χ1) is 8.66. The van der Waals surface area contributed by atoms with Crippen molar-refractivity contribution in [1.29, 1.82) is 0 Å². The van der Waals surface area contributed by atoms with Crippen molar-refractivity contribution < 1.29 is 4.79 Å². The van der Waals surface area contributed by atoms with Gasteiger partial charge in [-0.1, -0.05) is 0 Å². The van der Waals surface area contributed by atoms with Crippen LogP contribution in [0.25, 0.3) is 0 Å². The van der Waals surface area contributed by atoms with Crippen molar-refractivity contribution in [2.45, 2.75) is 6.54 Å². The molecule has 0 aliphatic rings. The monoisotopic (exact) mass is 260 g/mol. The summed E-state index contributed by atoms with van der Waals surface area (Å²) in [5, 5.41) is 6.95. The maximum Gasteiger partial charge on any atom is 0.251 e. The minimum atomic E-state index is -0.0356. The van der Waals surface area contributed by atoms with Gasteiger partial charge in [0.2, 0.25) is 0 Å². The van der Waals surface area contributed by atoms with Gasteiger partial charge in [0, 0.05) is 31.9 Å². The molecule has 1 N–H and O–H groups in total. The van der Waals surface area contributed by atoms with Crippen LogP contribution in [0.4, 0.5) is 5.69 Å². The highest BCUT2D eigenvalue weighted by atomic mass is 32.1. The Morgan fingerprint density at radius 1 is 1.22 bits per heavy atom. The molecule has 18 heavy (non-hydrogen) atoms. The smallest absolute Gasteiger partial charge is 0.251 e. The molecule has 0 unspecified atom stereocenters. The van der Waals surface area contributed by atoms with E-state index in [4.69, 9.17) is 0 Å². The van der Waals surface area contributed by atoms with E-state index < -0.39 is 0 Å². The second kappa shape index (κ2) is 5.69. The molecule has 1 amide bonds. The number of nitrogens with zero attached hydrogens (tertiary/aromatic N) is 1. The number of benzene rings is 1. The number of anilines is 1. The highest BCUT2D eigenvalue weighted by Crippen LogP contribution is 2.12. The van der Waals surface area contributed by atoms with E-state index in [1.165, 1.54) is 0 Å². The van der Waals surface area contributed by atoms with E-state index in [1.807, 2.05) is 60.1 Å². The number of amides is 1. The van der Waals surface area contributed by atoms with Crippen LogP contribution in [-0.4, -0.2) is 20.0 Å². The lowest BCUT2D eigenvalue weighted by atomic mass is 10.2. The summed E-state index contributed by atoms with van der Waals surface area (Å²) >= 11 is 1.64. The highest BCUT2D eigenvalue weighted by Gasteiger charge is 2.05. The minimum absolute atomic E-state index is 0.0356. The van der Waals surface area contributed by atoms with Gasteiger partial charge in [-0.05, 0) is 46.7 Å². The van der Waals surface area contributed by atoms with Gasteiger partial charge in [0.25, 0.3) is 5.91 Å². The van der Waals surface area contributed by atoms with Crippen LogP contribution < -0.4 is 10.2 Å². The fourth-order valence-electron chi connectivity index (χ4n) is 1.59. The van der Waals surface area contributed by atoms with Gasteiger partial charge in [0.15, 0.2) is 0 Å². The zero-order valence-electron chi connectivity index (χ0n) is 10.5. The second-order valence-corrected chi connectivity index (χ2v) is 5.04. The Morgan fingerprint density at radius 3 is 2.50 bits per heavy atom. The third kappa shape index (κ3) is 3.11. The van der Waals surface area contributed by atoms with Crippen LogP contribution in [-0.2, 0) is 6.54 Å². The lowest BCUT2D eigenvalue weighted by Crippen LogP contribution is -2.22. The Kier molecular flexibility index (Phi) is 3.99. The van der Waals surface area contributed by atoms with Crippen LogP contribution in [0.5, 0.6) is 0 Å². The molecule has 3 nitrogen and oxygen atoms in total. The highest BCUT2D eigenvalue weighted by molar-refractivity contribution is 7.07. The minimum Gasteiger partial charge on any atom is -0.378 e. The van der Waals surface area contributed by atoms with E-state index in [9.17, 15) is 4.79 Å². The summed E-state index contributed by atoms with van der Waals surface area (Å²) in [7, 11) is 3.96. The van der Waals surface area contributed by atoms with Crippen LogP contribution >= 0.6 is 11.3 Å². The van der Waals surface area contributed by atoms with E-state index >= 15 is 0 Å². The lowest BCUT2D eigenvalue weighted by Gasteiger charge is -2.12. The molecule has 1 aromatic heterocycles. The van der Waals surface area contributed by atoms with Crippen molar-refractivity contribution in [3.05, 3.63) is 52.2 Å². The molecular weight excluding hydrogens is 244 g/mol. The maximum absolute atomic E-state index is 11.9. The molecule has 0 aliphatic carbocycles. The molecule has 0 radical (unpaired) electrons. The number of hydrogen-bond donors (Lipinski definition) is 1. The number of carbonyl (C=O) groups excluding carboxylic acids is 1. The van der Waals surface area contributed by atoms with Crippen molar-refractivity contribution in [2.75, 3.05) is 19.0 Å². The molecular formula is C14H16N2OS. The summed E-state index contributed by atoms with van der Waals surface area (Å²) in [5.74, 6) is -0.0356. The summed E-state index contributed by atoms with van der Waals surface area (Å²) in [4.78, 5) is 13.9. The first-order valence-electron chi connectivity index (χ1n) is 5.73. The SMILES string of the molecule is CN(C)c1ccc(C(=O)NCc2ccsc2)cc1. The molecule has 0 spiro atoms. The van der Waals surface area contributed by atoms with Crippen molar-refractivity contribution >= 4 is 22.9 Å². The molecule has 0 fully saturated rings. The largest absolute Gasteiger partial charge is 0.378 e. The van der Waals surface area contributed by atoms with Crippen LogP contribution in [0.2, 0.25) is 0 Å². The summed E-state index contributed by atoms with van der Waals surface area (Å²) in [6.45, 7) is 0.581. The standard InChI is InChI=1S/C14H16N2OS/c1-16(2)13-5-3-12(4-6-13)14(17)15-9-11-7-8-18-10-11/h3-8,10H,9H2,1-2H3,(H,15,17). The summed E-state index contributed by atoms with van der Waals surface area (Å²) in [5.41, 5.74) is 2.92. The Bertz CT molecular complexity index is 503. The Labute approximate surface area is 111 Å². The molecule has 94 valence electrons. The van der Waals surface area contributed by atoms with Crippen LogP contribution in [0.15, 0.2) is 41.1 Å². The first-order valence-corrected chi connectivity index (χ1v) is 6.68. The van der Waals surface area contributed by atoms with Gasteiger partial charge in [-0.3, -0.25) is 4.79 Å². The van der Waals surface area contributed by atoms with Gasteiger partial charge in [0.05, 0.1) is 0 Å². The third-order valence-corrected chi connectivity index (χ3v) is 3.41. The lowest BCUT2D eigenvalue weighted by molar-refractivity contribution is 0.0951. The first kappa shape index (κ1) is 12.6. The van der Waals surface area contributed by atoms with Crippen molar-refractivity contribution in [2.24, 2.45) is 0 Å². The molecule has 4 heteroatoms. The Hall–Kier alpha value is -1.81. The summed E-state index contributed by atoms with van der Waals surface area (Å²) in [6.07, 6.45) is 0.